The number of carbonyl (C=O) groups is 2. The van der Waals surface area contributed by atoms with Gasteiger partial charge in [0.2, 0.25) is 5.91 Å². The topological polar surface area (TPSA) is 80.1 Å². The van der Waals surface area contributed by atoms with Crippen molar-refractivity contribution in [3.8, 4) is 0 Å². The molecule has 0 unspecified atom stereocenters. The van der Waals surface area contributed by atoms with Gasteiger partial charge < -0.3 is 10.2 Å². The molecular formula is C20H27N5O2. The standard InChI is InChI=1S/C20H27N5O2/c1-14(2)21-19(26)17-9-11-24(12-10-17)20(27)18-15(3)25(23-22-18)13-16-7-5-4-6-8-16/h4-8,14,17H,9-13H2,1-3H3,(H,21,26). The Morgan fingerprint density at radius 3 is 2.48 bits per heavy atom. The molecule has 1 aliphatic rings. The highest BCUT2D eigenvalue weighted by Crippen LogP contribution is 2.20. The average Bonchev–Trinajstić information content (AvgIpc) is 3.02. The number of nitrogens with one attached hydrogen (secondary N) is 1. The zero-order valence-electron chi connectivity index (χ0n) is 16.2. The van der Waals surface area contributed by atoms with Crippen LogP contribution in [0.3, 0.4) is 0 Å². The van der Waals surface area contributed by atoms with E-state index in [-0.39, 0.29) is 23.8 Å². The summed E-state index contributed by atoms with van der Waals surface area (Å²) in [4.78, 5) is 26.8. The van der Waals surface area contributed by atoms with Crippen LogP contribution in [0.4, 0.5) is 0 Å². The van der Waals surface area contributed by atoms with Crippen molar-refractivity contribution in [2.75, 3.05) is 13.1 Å². The predicted octanol–water partition coefficient (Wildman–Crippen LogP) is 2.01. The fraction of sp³-hybridized carbons (Fsp3) is 0.500. The quantitative estimate of drug-likeness (QED) is 0.874. The van der Waals surface area contributed by atoms with E-state index in [0.717, 1.165) is 11.3 Å². The molecule has 1 N–H and O–H groups in total. The van der Waals surface area contributed by atoms with Crippen molar-refractivity contribution >= 4 is 11.8 Å². The summed E-state index contributed by atoms with van der Waals surface area (Å²) in [5.41, 5.74) is 2.28. The summed E-state index contributed by atoms with van der Waals surface area (Å²) in [6, 6.07) is 10.1. The van der Waals surface area contributed by atoms with Crippen LogP contribution in [0.2, 0.25) is 0 Å². The van der Waals surface area contributed by atoms with E-state index < -0.39 is 0 Å². The van der Waals surface area contributed by atoms with Crippen molar-refractivity contribution in [1.29, 1.82) is 0 Å². The van der Waals surface area contributed by atoms with Gasteiger partial charge in [-0.3, -0.25) is 9.59 Å². The van der Waals surface area contributed by atoms with Crippen molar-refractivity contribution in [2.24, 2.45) is 5.92 Å². The van der Waals surface area contributed by atoms with Crippen LogP contribution in [-0.4, -0.2) is 50.8 Å². The van der Waals surface area contributed by atoms with Crippen molar-refractivity contribution < 1.29 is 9.59 Å². The maximum Gasteiger partial charge on any atom is 0.276 e. The number of amides is 2. The normalized spacial score (nSPS) is 15.2. The molecule has 1 aromatic heterocycles. The largest absolute Gasteiger partial charge is 0.354 e. The van der Waals surface area contributed by atoms with E-state index in [4.69, 9.17) is 0 Å². The second-order valence-electron chi connectivity index (χ2n) is 7.40. The molecule has 0 radical (unpaired) electrons. The summed E-state index contributed by atoms with van der Waals surface area (Å²) in [5, 5.41) is 11.2. The molecule has 0 bridgehead atoms. The highest BCUT2D eigenvalue weighted by Gasteiger charge is 2.30. The number of aromatic nitrogens is 3. The van der Waals surface area contributed by atoms with Gasteiger partial charge in [0.1, 0.15) is 0 Å². The zero-order valence-corrected chi connectivity index (χ0v) is 16.2. The first kappa shape index (κ1) is 19.1. The summed E-state index contributed by atoms with van der Waals surface area (Å²) in [5.74, 6) is -0.0390. The third kappa shape index (κ3) is 4.53. The molecule has 1 aliphatic heterocycles. The molecule has 2 heterocycles. The number of nitrogens with zero attached hydrogens (tertiary/aromatic N) is 4. The van der Waals surface area contributed by atoms with Crippen LogP contribution < -0.4 is 5.32 Å². The molecule has 1 aromatic carbocycles. The summed E-state index contributed by atoms with van der Waals surface area (Å²) in [6.07, 6.45) is 1.36. The van der Waals surface area contributed by atoms with E-state index in [1.165, 1.54) is 0 Å². The molecule has 1 fully saturated rings. The molecular weight excluding hydrogens is 342 g/mol. The van der Waals surface area contributed by atoms with Crippen molar-refractivity contribution in [3.05, 3.63) is 47.3 Å². The van der Waals surface area contributed by atoms with Crippen LogP contribution in [0.1, 0.15) is 48.4 Å². The van der Waals surface area contributed by atoms with Gasteiger partial charge in [0.05, 0.1) is 12.2 Å². The summed E-state index contributed by atoms with van der Waals surface area (Å²) >= 11 is 0. The number of hydrogen-bond acceptors (Lipinski definition) is 4. The Labute approximate surface area is 159 Å². The lowest BCUT2D eigenvalue weighted by molar-refractivity contribution is -0.126. The number of benzene rings is 1. The van der Waals surface area contributed by atoms with Gasteiger partial charge >= 0.3 is 0 Å². The molecule has 0 atom stereocenters. The van der Waals surface area contributed by atoms with E-state index in [2.05, 4.69) is 15.6 Å². The Balaban J connectivity index is 1.61. The minimum Gasteiger partial charge on any atom is -0.354 e. The van der Waals surface area contributed by atoms with Gasteiger partial charge in [-0.15, -0.1) is 5.10 Å². The molecule has 27 heavy (non-hydrogen) atoms. The van der Waals surface area contributed by atoms with Gasteiger partial charge in [-0.05, 0) is 39.2 Å². The highest BCUT2D eigenvalue weighted by atomic mass is 16.2. The number of piperidine rings is 1. The minimum absolute atomic E-state index is 0.0219. The first-order chi connectivity index (χ1) is 13.0. The van der Waals surface area contributed by atoms with Crippen LogP contribution in [0.5, 0.6) is 0 Å². The van der Waals surface area contributed by atoms with Crippen molar-refractivity contribution in [2.45, 2.75) is 46.2 Å². The summed E-state index contributed by atoms with van der Waals surface area (Å²) < 4.78 is 1.76. The predicted molar refractivity (Wildman–Crippen MR) is 102 cm³/mol. The fourth-order valence-corrected chi connectivity index (χ4v) is 3.36. The average molecular weight is 369 g/mol. The van der Waals surface area contributed by atoms with Gasteiger partial charge in [0.15, 0.2) is 5.69 Å². The third-order valence-corrected chi connectivity index (χ3v) is 4.94. The van der Waals surface area contributed by atoms with Gasteiger partial charge in [-0.2, -0.15) is 0 Å². The Kier molecular flexibility index (Phi) is 5.88. The molecule has 0 saturated carbocycles. The van der Waals surface area contributed by atoms with Gasteiger partial charge in [-0.1, -0.05) is 35.5 Å². The summed E-state index contributed by atoms with van der Waals surface area (Å²) in [6.45, 7) is 7.51. The monoisotopic (exact) mass is 369 g/mol. The number of carbonyl (C=O) groups excluding carboxylic acids is 2. The molecule has 2 amide bonds. The number of rotatable bonds is 5. The number of likely N-dealkylation sites (tertiary alicyclic amines) is 1. The Hall–Kier alpha value is -2.70. The molecule has 2 aromatic rings. The van der Waals surface area contributed by atoms with Crippen molar-refractivity contribution in [1.82, 2.24) is 25.2 Å². The Bertz CT molecular complexity index is 792. The molecule has 0 spiro atoms. The van der Waals surface area contributed by atoms with E-state index >= 15 is 0 Å². The molecule has 7 nitrogen and oxygen atoms in total. The fourth-order valence-electron chi connectivity index (χ4n) is 3.36. The van der Waals surface area contributed by atoms with Gasteiger partial charge in [0.25, 0.3) is 5.91 Å². The molecule has 3 rings (SSSR count). The van der Waals surface area contributed by atoms with Crippen LogP contribution >= 0.6 is 0 Å². The lowest BCUT2D eigenvalue weighted by Crippen LogP contribution is -2.44. The van der Waals surface area contributed by atoms with E-state index in [9.17, 15) is 9.59 Å². The van der Waals surface area contributed by atoms with E-state index in [0.29, 0.717) is 38.2 Å². The second-order valence-corrected chi connectivity index (χ2v) is 7.40. The van der Waals surface area contributed by atoms with Gasteiger partial charge in [0, 0.05) is 25.0 Å². The van der Waals surface area contributed by atoms with E-state index in [1.807, 2.05) is 51.1 Å². The van der Waals surface area contributed by atoms with Crippen molar-refractivity contribution in [3.63, 3.8) is 0 Å². The lowest BCUT2D eigenvalue weighted by atomic mass is 9.95. The molecule has 144 valence electrons. The van der Waals surface area contributed by atoms with Crippen LogP contribution in [0, 0.1) is 12.8 Å². The van der Waals surface area contributed by atoms with Crippen LogP contribution in [0.15, 0.2) is 30.3 Å². The van der Waals surface area contributed by atoms with E-state index in [1.54, 1.807) is 9.58 Å². The van der Waals surface area contributed by atoms with Gasteiger partial charge in [-0.25, -0.2) is 4.68 Å². The zero-order chi connectivity index (χ0) is 19.4. The Morgan fingerprint density at radius 1 is 1.19 bits per heavy atom. The smallest absolute Gasteiger partial charge is 0.276 e. The lowest BCUT2D eigenvalue weighted by Gasteiger charge is -2.31. The maximum absolute atomic E-state index is 12.9. The van der Waals surface area contributed by atoms with Crippen LogP contribution in [0.25, 0.3) is 0 Å². The first-order valence-electron chi connectivity index (χ1n) is 9.49. The SMILES string of the molecule is Cc1c(C(=O)N2CCC(C(=O)NC(C)C)CC2)nnn1Cc1ccccc1. The Morgan fingerprint density at radius 2 is 1.85 bits per heavy atom. The third-order valence-electron chi connectivity index (χ3n) is 4.94. The minimum atomic E-state index is -0.102. The second kappa shape index (κ2) is 8.33. The first-order valence-corrected chi connectivity index (χ1v) is 9.49. The summed E-state index contributed by atoms with van der Waals surface area (Å²) in [7, 11) is 0. The number of hydrogen-bond donors (Lipinski definition) is 1. The highest BCUT2D eigenvalue weighted by molar-refractivity contribution is 5.93. The molecule has 1 saturated heterocycles. The molecule has 0 aliphatic carbocycles. The van der Waals surface area contributed by atoms with Crippen LogP contribution in [-0.2, 0) is 11.3 Å². The molecule has 7 heteroatoms. The maximum atomic E-state index is 12.9.